The van der Waals surface area contributed by atoms with Gasteiger partial charge in [0.1, 0.15) is 11.4 Å². The van der Waals surface area contributed by atoms with Gasteiger partial charge < -0.3 is 4.74 Å². The van der Waals surface area contributed by atoms with Gasteiger partial charge in [-0.25, -0.2) is 0 Å². The molecule has 0 fully saturated rings. The van der Waals surface area contributed by atoms with Gasteiger partial charge in [-0.3, -0.25) is 4.79 Å². The number of benzene rings is 2. The van der Waals surface area contributed by atoms with Crippen molar-refractivity contribution in [3.8, 4) is 11.4 Å². The third kappa shape index (κ3) is 4.05. The molecule has 0 saturated carbocycles. The second-order valence-electron chi connectivity index (χ2n) is 5.41. The van der Waals surface area contributed by atoms with E-state index >= 15 is 0 Å². The molecule has 0 bridgehead atoms. The number of ether oxygens (including phenoxy) is 1. The van der Waals surface area contributed by atoms with Crippen molar-refractivity contribution in [3.63, 3.8) is 0 Å². The number of tetrazole rings is 1. The van der Waals surface area contributed by atoms with Gasteiger partial charge in [-0.1, -0.05) is 47.6 Å². The summed E-state index contributed by atoms with van der Waals surface area (Å²) in [6.45, 7) is 4.27. The second kappa shape index (κ2) is 8.33. The van der Waals surface area contributed by atoms with E-state index in [0.717, 1.165) is 5.69 Å². The second-order valence-corrected chi connectivity index (χ2v) is 7.15. The summed E-state index contributed by atoms with van der Waals surface area (Å²) in [7, 11) is 0. The summed E-state index contributed by atoms with van der Waals surface area (Å²) >= 11 is 7.27. The van der Waals surface area contributed by atoms with Gasteiger partial charge in [-0.05, 0) is 48.5 Å². The number of carbonyl (C=O) groups excluding carboxylic acids is 1. The molecule has 1 atom stereocenters. The minimum atomic E-state index is -0.377. The highest BCUT2D eigenvalue weighted by molar-refractivity contribution is 8.00. The van der Waals surface area contributed by atoms with E-state index in [2.05, 4.69) is 15.5 Å². The molecule has 3 aromatic rings. The van der Waals surface area contributed by atoms with Crippen LogP contribution in [0.3, 0.4) is 0 Å². The fourth-order valence-electron chi connectivity index (χ4n) is 2.40. The lowest BCUT2D eigenvalue weighted by atomic mass is 10.1. The number of para-hydroxylation sites is 2. The van der Waals surface area contributed by atoms with Crippen molar-refractivity contribution in [2.45, 2.75) is 24.3 Å². The Kier molecular flexibility index (Phi) is 5.90. The van der Waals surface area contributed by atoms with Crippen molar-refractivity contribution in [1.29, 1.82) is 0 Å². The molecule has 1 aromatic heterocycles. The third-order valence-electron chi connectivity index (χ3n) is 3.59. The Morgan fingerprint density at radius 3 is 2.85 bits per heavy atom. The Morgan fingerprint density at radius 2 is 2.08 bits per heavy atom. The third-order valence-corrected chi connectivity index (χ3v) is 4.86. The molecule has 1 heterocycles. The number of nitrogens with zero attached hydrogens (tertiary/aromatic N) is 4. The van der Waals surface area contributed by atoms with E-state index in [1.54, 1.807) is 28.9 Å². The summed E-state index contributed by atoms with van der Waals surface area (Å²) in [6.07, 6.45) is 0. The van der Waals surface area contributed by atoms with Crippen molar-refractivity contribution >= 4 is 29.1 Å². The van der Waals surface area contributed by atoms with Crippen LogP contribution in [0.5, 0.6) is 5.75 Å². The zero-order valence-electron chi connectivity index (χ0n) is 14.3. The van der Waals surface area contributed by atoms with Crippen molar-refractivity contribution in [2.75, 3.05) is 6.61 Å². The number of halogens is 1. The van der Waals surface area contributed by atoms with Gasteiger partial charge >= 0.3 is 0 Å². The summed E-state index contributed by atoms with van der Waals surface area (Å²) in [4.78, 5) is 12.7. The normalized spacial score (nSPS) is 12.0. The lowest BCUT2D eigenvalue weighted by Crippen LogP contribution is -2.15. The molecule has 6 nitrogen and oxygen atoms in total. The number of hydrogen-bond acceptors (Lipinski definition) is 6. The van der Waals surface area contributed by atoms with Crippen LogP contribution in [0.1, 0.15) is 24.2 Å². The number of ketones is 1. The Hall–Kier alpha value is -2.38. The molecule has 0 aliphatic carbocycles. The van der Waals surface area contributed by atoms with E-state index in [1.165, 1.54) is 11.8 Å². The quantitative estimate of drug-likeness (QED) is 0.448. The average molecular weight is 389 g/mol. The summed E-state index contributed by atoms with van der Waals surface area (Å²) < 4.78 is 7.22. The van der Waals surface area contributed by atoms with Crippen molar-refractivity contribution in [1.82, 2.24) is 20.2 Å². The molecule has 8 heteroatoms. The van der Waals surface area contributed by atoms with Gasteiger partial charge in [0.05, 0.1) is 11.9 Å². The molecule has 1 unspecified atom stereocenters. The minimum absolute atomic E-state index is 0.0369. The van der Waals surface area contributed by atoms with Crippen LogP contribution < -0.4 is 4.74 Å². The smallest absolute Gasteiger partial charge is 0.214 e. The van der Waals surface area contributed by atoms with Gasteiger partial charge in [0.2, 0.25) is 5.16 Å². The lowest BCUT2D eigenvalue weighted by Gasteiger charge is -2.12. The zero-order valence-corrected chi connectivity index (χ0v) is 15.9. The Labute approximate surface area is 160 Å². The van der Waals surface area contributed by atoms with E-state index in [1.807, 2.05) is 38.1 Å². The van der Waals surface area contributed by atoms with E-state index in [0.29, 0.717) is 28.1 Å². The molecular formula is C18H17ClN4O2S. The summed E-state index contributed by atoms with van der Waals surface area (Å²) in [6, 6.07) is 14.4. The molecule has 0 N–H and O–H groups in total. The summed E-state index contributed by atoms with van der Waals surface area (Å²) in [5.41, 5.74) is 1.29. The first kappa shape index (κ1) is 18.4. The highest BCUT2D eigenvalue weighted by Crippen LogP contribution is 2.29. The summed E-state index contributed by atoms with van der Waals surface area (Å²) in [5, 5.41) is 12.5. The Bertz CT molecular complexity index is 915. The molecule has 0 saturated heterocycles. The first-order valence-electron chi connectivity index (χ1n) is 8.07. The molecule has 2 aromatic carbocycles. The molecule has 134 valence electrons. The molecule has 0 spiro atoms. The van der Waals surface area contributed by atoms with E-state index in [4.69, 9.17) is 16.3 Å². The SMILES string of the molecule is CCOc1ccccc1-n1nnnc1SC(C)C(=O)c1cccc(Cl)c1. The number of aromatic nitrogens is 4. The number of carbonyl (C=O) groups is 1. The monoisotopic (exact) mass is 388 g/mol. The van der Waals surface area contributed by atoms with Gasteiger partial charge in [-0.15, -0.1) is 5.10 Å². The van der Waals surface area contributed by atoms with Crippen LogP contribution in [-0.2, 0) is 0 Å². The van der Waals surface area contributed by atoms with Crippen molar-refractivity contribution < 1.29 is 9.53 Å². The first-order chi connectivity index (χ1) is 12.6. The fraction of sp³-hybridized carbons (Fsp3) is 0.222. The van der Waals surface area contributed by atoms with Crippen molar-refractivity contribution in [2.24, 2.45) is 0 Å². The largest absolute Gasteiger partial charge is 0.492 e. The van der Waals surface area contributed by atoms with Gasteiger partial charge in [-0.2, -0.15) is 4.68 Å². The lowest BCUT2D eigenvalue weighted by molar-refractivity contribution is 0.0994. The molecule has 0 amide bonds. The fourth-order valence-corrected chi connectivity index (χ4v) is 3.47. The number of hydrogen-bond donors (Lipinski definition) is 0. The molecule has 0 aliphatic rings. The Balaban J connectivity index is 1.84. The topological polar surface area (TPSA) is 69.9 Å². The molecule has 26 heavy (non-hydrogen) atoms. The van der Waals surface area contributed by atoms with Crippen molar-refractivity contribution in [3.05, 3.63) is 59.1 Å². The van der Waals surface area contributed by atoms with Crippen LogP contribution in [0.15, 0.2) is 53.7 Å². The zero-order chi connectivity index (χ0) is 18.5. The van der Waals surface area contributed by atoms with Gasteiger partial charge in [0.25, 0.3) is 0 Å². The number of thioether (sulfide) groups is 1. The van der Waals surface area contributed by atoms with E-state index in [9.17, 15) is 4.79 Å². The van der Waals surface area contributed by atoms with Gasteiger partial charge in [0.15, 0.2) is 5.78 Å². The molecular weight excluding hydrogens is 372 g/mol. The minimum Gasteiger partial charge on any atom is -0.492 e. The van der Waals surface area contributed by atoms with Crippen LogP contribution in [0.4, 0.5) is 0 Å². The van der Waals surface area contributed by atoms with Crippen LogP contribution in [-0.4, -0.2) is 37.8 Å². The first-order valence-corrected chi connectivity index (χ1v) is 9.33. The number of rotatable bonds is 7. The standard InChI is InChI=1S/C18H17ClN4O2S/c1-3-25-16-10-5-4-9-15(16)23-18(20-21-22-23)26-12(2)17(24)13-7-6-8-14(19)11-13/h4-12H,3H2,1-2H3. The number of Topliss-reactive ketones (excluding diaryl/α,β-unsaturated/α-hetero) is 1. The van der Waals surface area contributed by atoms with E-state index in [-0.39, 0.29) is 11.0 Å². The molecule has 3 rings (SSSR count). The molecule has 0 radical (unpaired) electrons. The Morgan fingerprint density at radius 1 is 1.27 bits per heavy atom. The van der Waals surface area contributed by atoms with Crippen LogP contribution >= 0.6 is 23.4 Å². The average Bonchev–Trinajstić information content (AvgIpc) is 3.09. The van der Waals surface area contributed by atoms with Crippen LogP contribution in [0, 0.1) is 0 Å². The highest BCUT2D eigenvalue weighted by atomic mass is 35.5. The predicted octanol–water partition coefficient (Wildman–Crippen LogP) is 4.08. The van der Waals surface area contributed by atoms with Gasteiger partial charge in [0, 0.05) is 10.6 Å². The highest BCUT2D eigenvalue weighted by Gasteiger charge is 2.21. The maximum atomic E-state index is 12.7. The maximum absolute atomic E-state index is 12.7. The van der Waals surface area contributed by atoms with E-state index < -0.39 is 0 Å². The summed E-state index contributed by atoms with van der Waals surface area (Å²) in [5.74, 6) is 0.642. The maximum Gasteiger partial charge on any atom is 0.214 e. The predicted molar refractivity (Wildman–Crippen MR) is 101 cm³/mol. The molecule has 0 aliphatic heterocycles. The van der Waals surface area contributed by atoms with Crippen LogP contribution in [0.25, 0.3) is 5.69 Å². The van der Waals surface area contributed by atoms with Crippen LogP contribution in [0.2, 0.25) is 5.02 Å².